The van der Waals surface area contributed by atoms with Crippen LogP contribution in [-0.2, 0) is 34.1 Å². The summed E-state index contributed by atoms with van der Waals surface area (Å²) in [5.74, 6) is 0. The summed E-state index contributed by atoms with van der Waals surface area (Å²) in [6.07, 6.45) is 0. The molecule has 0 unspecified atom stereocenters. The standard InChI is InChI=1S/2C10H21N3.2Mn.3H2O/c2*1-11-4-6-13(3)7-5-12(2)9-10(13)8-11;;;;;/h2*4-9H2,1-3H3;;;3*1H2/q;;2*+3;;;. The molecule has 0 amide bonds. The van der Waals surface area contributed by atoms with Crippen molar-refractivity contribution in [2.75, 3.05) is 121 Å². The van der Waals surface area contributed by atoms with E-state index in [0.717, 1.165) is 0 Å². The van der Waals surface area contributed by atoms with Gasteiger partial charge in [0.25, 0.3) is 0 Å². The molecule has 0 aliphatic carbocycles. The van der Waals surface area contributed by atoms with Crippen molar-refractivity contribution in [3.63, 3.8) is 0 Å². The van der Waals surface area contributed by atoms with Gasteiger partial charge in [0.1, 0.15) is 0 Å². The van der Waals surface area contributed by atoms with Crippen LogP contribution in [0.15, 0.2) is 0 Å². The Bertz CT molecular complexity index is 420. The molecule has 184 valence electrons. The van der Waals surface area contributed by atoms with Gasteiger partial charge in [0, 0.05) is 40.3 Å². The molecule has 0 bridgehead atoms. The maximum atomic E-state index is 2.44. The SMILES string of the molecule is CN1CC[N+]2(C)CCN(C)C[C-]2C1.CN1CC[N+]2(C)CCN(C)C[C-]2C1.O.O.O.[Mn+3].[Mn+3]. The monoisotopic (exact) mass is 530 g/mol. The average Bonchev–Trinajstić information content (AvgIpc) is 2.58. The van der Waals surface area contributed by atoms with Gasteiger partial charge in [-0.05, 0) is 28.2 Å². The number of fused-ring (bicyclic) bond motifs is 2. The van der Waals surface area contributed by atoms with Crippen LogP contribution in [0.1, 0.15) is 0 Å². The minimum atomic E-state index is 0. The van der Waals surface area contributed by atoms with Crippen LogP contribution in [-0.4, -0.2) is 166 Å². The van der Waals surface area contributed by atoms with E-state index in [1.807, 2.05) is 0 Å². The fraction of sp³-hybridized carbons (Fsp3) is 0.900. The Morgan fingerprint density at radius 1 is 0.484 bits per heavy atom. The van der Waals surface area contributed by atoms with E-state index in [0.29, 0.717) is 0 Å². The summed E-state index contributed by atoms with van der Waals surface area (Å²) in [5, 5.41) is 0. The second kappa shape index (κ2) is 14.8. The van der Waals surface area contributed by atoms with E-state index in [9.17, 15) is 0 Å². The zero-order valence-corrected chi connectivity index (χ0v) is 22.8. The normalized spacial score (nSPS) is 26.5. The molecule has 0 aromatic rings. The number of nitrogens with zero attached hydrogens (tertiary/aromatic N) is 6. The molecule has 4 aliphatic rings. The van der Waals surface area contributed by atoms with Crippen LogP contribution in [0.3, 0.4) is 0 Å². The molecular formula is C20H48Mn2N6O3+6. The molecule has 4 fully saturated rings. The van der Waals surface area contributed by atoms with E-state index in [-0.39, 0.29) is 50.6 Å². The zero-order valence-electron chi connectivity index (χ0n) is 20.4. The molecule has 0 radical (unpaired) electrons. The van der Waals surface area contributed by atoms with Gasteiger partial charge in [-0.25, -0.2) is 0 Å². The van der Waals surface area contributed by atoms with Crippen molar-refractivity contribution >= 4 is 0 Å². The summed E-state index contributed by atoms with van der Waals surface area (Å²) in [6.45, 7) is 15.0. The molecule has 9 nitrogen and oxygen atoms in total. The van der Waals surface area contributed by atoms with Gasteiger partial charge in [-0.2, -0.15) is 0 Å². The summed E-state index contributed by atoms with van der Waals surface area (Å²) >= 11 is 0. The van der Waals surface area contributed by atoms with Crippen molar-refractivity contribution in [3.05, 3.63) is 12.1 Å². The van der Waals surface area contributed by atoms with E-state index in [1.54, 1.807) is 12.1 Å². The van der Waals surface area contributed by atoms with Crippen molar-refractivity contribution in [3.8, 4) is 0 Å². The molecular weight excluding hydrogens is 482 g/mol. The van der Waals surface area contributed by atoms with Crippen LogP contribution in [0, 0.1) is 12.1 Å². The van der Waals surface area contributed by atoms with Crippen molar-refractivity contribution in [2.45, 2.75) is 0 Å². The zero-order chi connectivity index (χ0) is 18.9. The van der Waals surface area contributed by atoms with E-state index < -0.39 is 0 Å². The Morgan fingerprint density at radius 2 is 0.677 bits per heavy atom. The van der Waals surface area contributed by atoms with Crippen LogP contribution in [0.4, 0.5) is 0 Å². The first kappa shape index (κ1) is 36.3. The van der Waals surface area contributed by atoms with Gasteiger partial charge >= 0.3 is 34.1 Å². The molecule has 4 aliphatic heterocycles. The van der Waals surface area contributed by atoms with E-state index in [1.165, 1.54) is 87.5 Å². The number of rotatable bonds is 0. The van der Waals surface area contributed by atoms with E-state index in [2.05, 4.69) is 61.9 Å². The van der Waals surface area contributed by atoms with Crippen molar-refractivity contribution in [1.29, 1.82) is 0 Å². The van der Waals surface area contributed by atoms with Gasteiger partial charge in [0.2, 0.25) is 0 Å². The van der Waals surface area contributed by atoms with Gasteiger partial charge in [-0.15, -0.1) is 0 Å². The molecule has 4 heterocycles. The maximum absolute atomic E-state index is 2.44. The van der Waals surface area contributed by atoms with Gasteiger partial charge in [-0.1, -0.05) is 38.3 Å². The first-order valence-corrected chi connectivity index (χ1v) is 10.3. The van der Waals surface area contributed by atoms with Crippen molar-refractivity contribution in [2.24, 2.45) is 0 Å². The number of likely N-dealkylation sites (N-methyl/N-ethyl adjacent to an activating group) is 6. The fourth-order valence-corrected chi connectivity index (χ4v) is 4.77. The van der Waals surface area contributed by atoms with Crippen molar-refractivity contribution < 1.29 is 59.5 Å². The summed E-state index contributed by atoms with van der Waals surface area (Å²) in [5.41, 5.74) is 0. The third-order valence-electron chi connectivity index (χ3n) is 7.24. The Balaban J connectivity index is -0.000000436. The first-order valence-electron chi connectivity index (χ1n) is 10.3. The minimum absolute atomic E-state index is 0. The molecule has 0 saturated carbocycles. The number of piperazine rings is 4. The van der Waals surface area contributed by atoms with E-state index >= 15 is 0 Å². The Labute approximate surface area is 211 Å². The van der Waals surface area contributed by atoms with E-state index in [4.69, 9.17) is 0 Å². The van der Waals surface area contributed by atoms with Crippen molar-refractivity contribution in [1.82, 2.24) is 19.6 Å². The summed E-state index contributed by atoms with van der Waals surface area (Å²) < 4.78 is 2.46. The van der Waals surface area contributed by atoms with Crippen LogP contribution in [0.2, 0.25) is 0 Å². The molecule has 0 spiro atoms. The molecule has 11 heteroatoms. The number of hydrogen-bond donors (Lipinski definition) is 0. The Kier molecular flexibility index (Phi) is 17.3. The Morgan fingerprint density at radius 3 is 0.871 bits per heavy atom. The molecule has 4 rings (SSSR count). The third kappa shape index (κ3) is 9.09. The smallest absolute Gasteiger partial charge is 0.451 e. The molecule has 0 aromatic heterocycles. The topological polar surface area (TPSA) is 107 Å². The van der Waals surface area contributed by atoms with Crippen LogP contribution in [0.5, 0.6) is 0 Å². The molecule has 0 atom stereocenters. The quantitative estimate of drug-likeness (QED) is 0.192. The Hall–Kier alpha value is 0.679. The first-order chi connectivity index (χ1) is 12.2. The largest absolute Gasteiger partial charge is 3.00 e. The second-order valence-corrected chi connectivity index (χ2v) is 9.77. The summed E-state index contributed by atoms with van der Waals surface area (Å²) in [4.78, 5) is 9.76. The van der Waals surface area contributed by atoms with Gasteiger partial charge in [-0.3, -0.25) is 0 Å². The third-order valence-corrected chi connectivity index (χ3v) is 7.24. The average molecular weight is 531 g/mol. The molecule has 6 N–H and O–H groups in total. The van der Waals surface area contributed by atoms with Crippen LogP contribution in [0.25, 0.3) is 0 Å². The number of hydrogen-bond acceptors (Lipinski definition) is 4. The summed E-state index contributed by atoms with van der Waals surface area (Å²) in [6, 6.07) is 3.39. The van der Waals surface area contributed by atoms with Gasteiger partial charge in [0.05, 0.1) is 26.2 Å². The van der Waals surface area contributed by atoms with Crippen LogP contribution >= 0.6 is 0 Å². The number of quaternary nitrogens is 2. The summed E-state index contributed by atoms with van der Waals surface area (Å²) in [7, 11) is 13.7. The van der Waals surface area contributed by atoms with Gasteiger partial charge in [0.15, 0.2) is 0 Å². The fourth-order valence-electron chi connectivity index (χ4n) is 4.77. The predicted octanol–water partition coefficient (Wildman–Crippen LogP) is -2.77. The predicted molar refractivity (Wildman–Crippen MR) is 119 cm³/mol. The van der Waals surface area contributed by atoms with Crippen LogP contribution < -0.4 is 0 Å². The minimum Gasteiger partial charge on any atom is -0.451 e. The maximum Gasteiger partial charge on any atom is 3.00 e. The molecule has 31 heavy (non-hydrogen) atoms. The van der Waals surface area contributed by atoms with Gasteiger partial charge < -0.3 is 45.0 Å². The molecule has 4 saturated heterocycles. The second-order valence-electron chi connectivity index (χ2n) is 9.77. The molecule has 0 aromatic carbocycles.